The minimum absolute atomic E-state index is 0.107. The van der Waals surface area contributed by atoms with Gasteiger partial charge in [0, 0.05) is 12.1 Å². The second-order valence-corrected chi connectivity index (χ2v) is 3.48. The van der Waals surface area contributed by atoms with E-state index in [-0.39, 0.29) is 12.3 Å². The Balaban J connectivity index is 2.62. The Labute approximate surface area is 94.5 Å². The minimum Gasteiger partial charge on any atom is -0.272 e. The maximum atomic E-state index is 11.6. The smallest absolute Gasteiger partial charge is 0.250 e. The quantitative estimate of drug-likeness (QED) is 0.739. The van der Waals surface area contributed by atoms with Crippen molar-refractivity contribution in [3.63, 3.8) is 0 Å². The molecule has 0 N–H and O–H groups in total. The number of nitrogens with zero attached hydrogens (tertiary/aromatic N) is 1. The molecule has 0 heterocycles. The number of amides is 1. The topological polar surface area (TPSA) is 29.5 Å². The van der Waals surface area contributed by atoms with Gasteiger partial charge in [-0.1, -0.05) is 29.8 Å². The van der Waals surface area contributed by atoms with Gasteiger partial charge < -0.3 is 0 Å². The van der Waals surface area contributed by atoms with E-state index in [0.29, 0.717) is 11.6 Å². The van der Waals surface area contributed by atoms with E-state index < -0.39 is 0 Å². The summed E-state index contributed by atoms with van der Waals surface area (Å²) in [4.78, 5) is 16.7. The maximum absolute atomic E-state index is 11.6. The Hall–Kier alpha value is -1.06. The average Bonchev–Trinajstić information content (AvgIpc) is 2.21. The zero-order valence-electron chi connectivity index (χ0n) is 8.87. The van der Waals surface area contributed by atoms with Gasteiger partial charge in [0.1, 0.15) is 0 Å². The lowest BCUT2D eigenvalue weighted by molar-refractivity contribution is -0.175. The minimum atomic E-state index is -0.107. The number of halogens is 1. The van der Waals surface area contributed by atoms with Crippen LogP contribution in [0.5, 0.6) is 0 Å². The van der Waals surface area contributed by atoms with Crippen LogP contribution in [-0.4, -0.2) is 24.6 Å². The molecule has 15 heavy (non-hydrogen) atoms. The van der Waals surface area contributed by atoms with Crippen LogP contribution in [0.25, 0.3) is 0 Å². The molecule has 0 aliphatic rings. The number of likely N-dealkylation sites (N-methyl/N-ethyl adjacent to an activating group) is 1. The van der Waals surface area contributed by atoms with Crippen molar-refractivity contribution in [3.05, 3.63) is 34.9 Å². The molecule has 0 saturated carbocycles. The molecule has 3 nitrogen and oxygen atoms in total. The number of benzene rings is 1. The van der Waals surface area contributed by atoms with E-state index in [0.717, 1.165) is 5.56 Å². The SMILES string of the molecule is CCON(C)C(=O)Cc1ccccc1Cl. The first kappa shape index (κ1) is 12.0. The van der Waals surface area contributed by atoms with E-state index >= 15 is 0 Å². The van der Waals surface area contributed by atoms with Crippen molar-refractivity contribution in [1.29, 1.82) is 0 Å². The van der Waals surface area contributed by atoms with Crippen LogP contribution in [0.4, 0.5) is 0 Å². The van der Waals surface area contributed by atoms with Crippen molar-refractivity contribution >= 4 is 17.5 Å². The average molecular weight is 228 g/mol. The zero-order valence-corrected chi connectivity index (χ0v) is 9.62. The van der Waals surface area contributed by atoms with Crippen LogP contribution in [0.15, 0.2) is 24.3 Å². The molecule has 0 aromatic heterocycles. The Morgan fingerprint density at radius 2 is 2.13 bits per heavy atom. The zero-order chi connectivity index (χ0) is 11.3. The van der Waals surface area contributed by atoms with Gasteiger partial charge in [-0.2, -0.15) is 0 Å². The van der Waals surface area contributed by atoms with Crippen LogP contribution in [0, 0.1) is 0 Å². The molecular formula is C11H14ClNO2. The highest BCUT2D eigenvalue weighted by Crippen LogP contribution is 2.15. The summed E-state index contributed by atoms with van der Waals surface area (Å²) in [7, 11) is 1.60. The molecule has 0 saturated heterocycles. The molecule has 4 heteroatoms. The van der Waals surface area contributed by atoms with Gasteiger partial charge in [-0.05, 0) is 18.6 Å². The molecule has 0 spiro atoms. The third-order valence-electron chi connectivity index (χ3n) is 1.97. The summed E-state index contributed by atoms with van der Waals surface area (Å²) in [5.41, 5.74) is 0.815. The molecule has 82 valence electrons. The summed E-state index contributed by atoms with van der Waals surface area (Å²) in [6.07, 6.45) is 0.260. The molecule has 0 aliphatic carbocycles. The van der Waals surface area contributed by atoms with Gasteiger partial charge in [-0.15, -0.1) is 0 Å². The third kappa shape index (κ3) is 3.53. The van der Waals surface area contributed by atoms with Gasteiger partial charge in [-0.3, -0.25) is 9.63 Å². The monoisotopic (exact) mass is 227 g/mol. The number of hydrogen-bond donors (Lipinski definition) is 0. The third-order valence-corrected chi connectivity index (χ3v) is 2.34. The highest BCUT2D eigenvalue weighted by atomic mass is 35.5. The van der Waals surface area contributed by atoms with E-state index in [4.69, 9.17) is 16.4 Å². The van der Waals surface area contributed by atoms with Crippen LogP contribution in [0.3, 0.4) is 0 Å². The van der Waals surface area contributed by atoms with Crippen LogP contribution in [0.1, 0.15) is 12.5 Å². The Morgan fingerprint density at radius 3 is 2.73 bits per heavy atom. The van der Waals surface area contributed by atoms with E-state index in [9.17, 15) is 4.79 Å². The summed E-state index contributed by atoms with van der Waals surface area (Å²) in [5, 5.41) is 1.85. The molecule has 1 aromatic rings. The molecule has 1 aromatic carbocycles. The predicted octanol–water partition coefficient (Wildman–Crippen LogP) is 2.29. The van der Waals surface area contributed by atoms with Crippen LogP contribution >= 0.6 is 11.6 Å². The lowest BCUT2D eigenvalue weighted by Crippen LogP contribution is -2.28. The van der Waals surface area contributed by atoms with Gasteiger partial charge in [0.15, 0.2) is 0 Å². The molecule has 0 fully saturated rings. The maximum Gasteiger partial charge on any atom is 0.250 e. The largest absolute Gasteiger partial charge is 0.272 e. The molecule has 0 aliphatic heterocycles. The lowest BCUT2D eigenvalue weighted by Gasteiger charge is -2.15. The first-order chi connectivity index (χ1) is 7.15. The summed E-state index contributed by atoms with van der Waals surface area (Å²) in [5.74, 6) is -0.107. The molecular weight excluding hydrogens is 214 g/mol. The second-order valence-electron chi connectivity index (χ2n) is 3.08. The molecule has 0 bridgehead atoms. The summed E-state index contributed by atoms with van der Waals surface area (Å²) < 4.78 is 0. The van der Waals surface area contributed by atoms with Crippen molar-refractivity contribution in [3.8, 4) is 0 Å². The van der Waals surface area contributed by atoms with E-state index in [1.54, 1.807) is 13.1 Å². The van der Waals surface area contributed by atoms with Gasteiger partial charge in [0.05, 0.1) is 13.0 Å². The first-order valence-corrected chi connectivity index (χ1v) is 5.15. The standard InChI is InChI=1S/C11H14ClNO2/c1-3-15-13(2)11(14)8-9-6-4-5-7-10(9)12/h4-7H,3,8H2,1-2H3. The van der Waals surface area contributed by atoms with Gasteiger partial charge >= 0.3 is 0 Å². The van der Waals surface area contributed by atoms with Crippen LogP contribution in [-0.2, 0) is 16.1 Å². The van der Waals surface area contributed by atoms with Crippen molar-refractivity contribution < 1.29 is 9.63 Å². The number of rotatable bonds is 4. The fraction of sp³-hybridized carbons (Fsp3) is 0.364. The van der Waals surface area contributed by atoms with Gasteiger partial charge in [0.2, 0.25) is 5.91 Å². The number of hydroxylamine groups is 2. The van der Waals surface area contributed by atoms with Gasteiger partial charge in [0.25, 0.3) is 0 Å². The molecule has 0 radical (unpaired) electrons. The number of carbonyl (C=O) groups excluding carboxylic acids is 1. The number of hydrogen-bond acceptors (Lipinski definition) is 2. The molecule has 1 amide bonds. The van der Waals surface area contributed by atoms with E-state index in [1.807, 2.05) is 25.1 Å². The van der Waals surface area contributed by atoms with Crippen molar-refractivity contribution in [1.82, 2.24) is 5.06 Å². The number of carbonyl (C=O) groups is 1. The highest BCUT2D eigenvalue weighted by molar-refractivity contribution is 6.31. The predicted molar refractivity (Wildman–Crippen MR) is 59.6 cm³/mol. The summed E-state index contributed by atoms with van der Waals surface area (Å²) >= 11 is 5.94. The molecule has 0 unspecified atom stereocenters. The fourth-order valence-corrected chi connectivity index (χ4v) is 1.38. The van der Waals surface area contributed by atoms with Crippen LogP contribution in [0.2, 0.25) is 5.02 Å². The van der Waals surface area contributed by atoms with Crippen molar-refractivity contribution in [2.24, 2.45) is 0 Å². The molecule has 0 atom stereocenters. The van der Waals surface area contributed by atoms with E-state index in [1.165, 1.54) is 5.06 Å². The highest BCUT2D eigenvalue weighted by Gasteiger charge is 2.11. The Kier molecular flexibility index (Phi) is 4.59. The lowest BCUT2D eigenvalue weighted by atomic mass is 10.1. The Morgan fingerprint density at radius 1 is 1.47 bits per heavy atom. The summed E-state index contributed by atoms with van der Waals surface area (Å²) in [6.45, 7) is 2.31. The second kappa shape index (κ2) is 5.73. The van der Waals surface area contributed by atoms with Crippen LogP contribution < -0.4 is 0 Å². The normalized spacial score (nSPS) is 10.1. The van der Waals surface area contributed by atoms with E-state index in [2.05, 4.69) is 0 Å². The Bertz CT molecular complexity index is 341. The first-order valence-electron chi connectivity index (χ1n) is 4.78. The van der Waals surface area contributed by atoms with Crippen molar-refractivity contribution in [2.45, 2.75) is 13.3 Å². The van der Waals surface area contributed by atoms with Gasteiger partial charge in [-0.25, -0.2) is 5.06 Å². The fourth-order valence-electron chi connectivity index (χ4n) is 1.18. The molecule has 1 rings (SSSR count). The van der Waals surface area contributed by atoms with Crippen molar-refractivity contribution in [2.75, 3.05) is 13.7 Å². The summed E-state index contributed by atoms with van der Waals surface area (Å²) in [6, 6.07) is 7.29.